The lowest BCUT2D eigenvalue weighted by molar-refractivity contribution is 1.28. The summed E-state index contributed by atoms with van der Waals surface area (Å²) in [4.78, 5) is 9.34. The van der Waals surface area contributed by atoms with E-state index >= 15 is 0 Å². The predicted molar refractivity (Wildman–Crippen MR) is 122 cm³/mol. The van der Waals surface area contributed by atoms with Crippen LogP contribution in [0.25, 0.3) is 0 Å². The zero-order valence-electron chi connectivity index (χ0n) is 17.7. The van der Waals surface area contributed by atoms with Crippen molar-refractivity contribution in [3.8, 4) is 0 Å². The van der Waals surface area contributed by atoms with Gasteiger partial charge in [0.15, 0.2) is 0 Å². The lowest BCUT2D eigenvalue weighted by atomic mass is 10.1. The molecule has 0 atom stereocenters. The molecule has 0 unspecified atom stereocenters. The van der Waals surface area contributed by atoms with Crippen LogP contribution in [-0.2, 0) is 0 Å². The normalized spacial score (nSPS) is 11.6. The molecule has 0 amide bonds. The highest BCUT2D eigenvalue weighted by atomic mass is 14.7. The molecule has 0 bridgehead atoms. The van der Waals surface area contributed by atoms with Gasteiger partial charge in [0.2, 0.25) is 0 Å². The van der Waals surface area contributed by atoms with Crippen molar-refractivity contribution in [3.05, 3.63) is 93.0 Å². The summed E-state index contributed by atoms with van der Waals surface area (Å²) in [5.41, 5.74) is 11.8. The molecular formula is C26H28N2. The van der Waals surface area contributed by atoms with Crippen molar-refractivity contribution >= 4 is 23.8 Å². The Morgan fingerprint density at radius 2 is 0.786 bits per heavy atom. The van der Waals surface area contributed by atoms with E-state index in [9.17, 15) is 0 Å². The Morgan fingerprint density at radius 3 is 1.14 bits per heavy atom. The fourth-order valence-corrected chi connectivity index (χ4v) is 3.13. The topological polar surface area (TPSA) is 24.7 Å². The van der Waals surface area contributed by atoms with Crippen molar-refractivity contribution < 1.29 is 0 Å². The molecule has 28 heavy (non-hydrogen) atoms. The molecule has 0 aliphatic heterocycles. The van der Waals surface area contributed by atoms with Crippen LogP contribution in [0.2, 0.25) is 0 Å². The molecule has 0 radical (unpaired) electrons. The van der Waals surface area contributed by atoms with Crippen LogP contribution in [0.5, 0.6) is 0 Å². The number of aliphatic imine (C=N–C) groups is 2. The summed E-state index contributed by atoms with van der Waals surface area (Å²) in [6, 6.07) is 17.0. The first-order valence-corrected chi connectivity index (χ1v) is 9.67. The lowest BCUT2D eigenvalue weighted by Crippen LogP contribution is -1.87. The molecule has 0 spiro atoms. The van der Waals surface area contributed by atoms with Crippen LogP contribution in [0, 0.1) is 41.5 Å². The largest absolute Gasteiger partial charge is 0.256 e. The summed E-state index contributed by atoms with van der Waals surface area (Å²) in [5, 5.41) is 0. The van der Waals surface area contributed by atoms with Gasteiger partial charge >= 0.3 is 0 Å². The number of hydrogen-bond donors (Lipinski definition) is 0. The van der Waals surface area contributed by atoms with Crippen molar-refractivity contribution in [1.82, 2.24) is 0 Å². The highest BCUT2D eigenvalue weighted by Gasteiger charge is 2.01. The van der Waals surface area contributed by atoms with Gasteiger partial charge in [0.25, 0.3) is 0 Å². The maximum atomic E-state index is 4.67. The molecule has 2 heteroatoms. The van der Waals surface area contributed by atoms with Crippen LogP contribution in [0.1, 0.15) is 44.5 Å². The second-order valence-corrected chi connectivity index (χ2v) is 7.63. The highest BCUT2D eigenvalue weighted by molar-refractivity contribution is 5.86. The van der Waals surface area contributed by atoms with Crippen LogP contribution in [0.3, 0.4) is 0 Å². The fourth-order valence-electron chi connectivity index (χ4n) is 3.13. The first-order chi connectivity index (χ1) is 13.3. The van der Waals surface area contributed by atoms with Crippen molar-refractivity contribution in [2.75, 3.05) is 0 Å². The van der Waals surface area contributed by atoms with E-state index in [1.165, 1.54) is 33.4 Å². The van der Waals surface area contributed by atoms with Gasteiger partial charge in [0.1, 0.15) is 0 Å². The first-order valence-electron chi connectivity index (χ1n) is 9.67. The van der Waals surface area contributed by atoms with Gasteiger partial charge in [-0.2, -0.15) is 0 Å². The zero-order chi connectivity index (χ0) is 20.3. The second kappa shape index (κ2) is 8.35. The van der Waals surface area contributed by atoms with Crippen molar-refractivity contribution in [2.24, 2.45) is 9.98 Å². The molecule has 3 aromatic rings. The number of benzene rings is 3. The molecule has 0 heterocycles. The summed E-state index contributed by atoms with van der Waals surface area (Å²) in [6.45, 7) is 12.7. The number of hydrogen-bond acceptors (Lipinski definition) is 2. The van der Waals surface area contributed by atoms with E-state index in [2.05, 4.69) is 100 Å². The van der Waals surface area contributed by atoms with Gasteiger partial charge in [-0.25, -0.2) is 0 Å². The fraction of sp³-hybridized carbons (Fsp3) is 0.231. The molecule has 0 aliphatic rings. The third-order valence-electron chi connectivity index (χ3n) is 5.27. The molecule has 0 saturated carbocycles. The van der Waals surface area contributed by atoms with E-state index in [0.29, 0.717) is 0 Å². The predicted octanol–water partition coefficient (Wildman–Crippen LogP) is 7.04. The van der Waals surface area contributed by atoms with Gasteiger partial charge in [0.05, 0.1) is 11.4 Å². The quantitative estimate of drug-likeness (QED) is 0.441. The van der Waals surface area contributed by atoms with Crippen LogP contribution in [0.4, 0.5) is 11.4 Å². The smallest absolute Gasteiger partial charge is 0.0661 e. The van der Waals surface area contributed by atoms with Gasteiger partial charge < -0.3 is 0 Å². The van der Waals surface area contributed by atoms with Crippen LogP contribution < -0.4 is 0 Å². The highest BCUT2D eigenvalue weighted by Crippen LogP contribution is 2.24. The van der Waals surface area contributed by atoms with E-state index in [0.717, 1.165) is 22.5 Å². The Kier molecular flexibility index (Phi) is 5.89. The number of nitrogens with zero attached hydrogens (tertiary/aromatic N) is 2. The molecule has 0 aliphatic carbocycles. The summed E-state index contributed by atoms with van der Waals surface area (Å²) in [7, 11) is 0. The Labute approximate surface area is 168 Å². The Bertz CT molecular complexity index is 968. The minimum atomic E-state index is 1.03. The first kappa shape index (κ1) is 19.8. The number of rotatable bonds is 4. The van der Waals surface area contributed by atoms with E-state index in [-0.39, 0.29) is 0 Å². The van der Waals surface area contributed by atoms with Crippen molar-refractivity contribution in [2.45, 2.75) is 41.5 Å². The van der Waals surface area contributed by atoms with Gasteiger partial charge in [-0.15, -0.1) is 0 Å². The molecule has 2 nitrogen and oxygen atoms in total. The van der Waals surface area contributed by atoms with Gasteiger partial charge in [-0.05, 0) is 98.2 Å². The van der Waals surface area contributed by atoms with Crippen LogP contribution in [-0.4, -0.2) is 12.4 Å². The summed E-state index contributed by atoms with van der Waals surface area (Å²) < 4.78 is 0. The van der Waals surface area contributed by atoms with E-state index in [4.69, 9.17) is 0 Å². The number of aryl methyl sites for hydroxylation is 6. The Morgan fingerprint density at radius 1 is 0.464 bits per heavy atom. The minimum Gasteiger partial charge on any atom is -0.256 e. The van der Waals surface area contributed by atoms with Crippen molar-refractivity contribution in [3.63, 3.8) is 0 Å². The van der Waals surface area contributed by atoms with E-state index in [1.807, 2.05) is 12.4 Å². The third-order valence-corrected chi connectivity index (χ3v) is 5.27. The minimum absolute atomic E-state index is 1.03. The third kappa shape index (κ3) is 4.64. The van der Waals surface area contributed by atoms with Crippen LogP contribution in [0.15, 0.2) is 58.5 Å². The molecule has 142 valence electrons. The molecule has 0 saturated heterocycles. The van der Waals surface area contributed by atoms with Crippen LogP contribution >= 0.6 is 0 Å². The average Bonchev–Trinajstić information content (AvgIpc) is 2.66. The second-order valence-electron chi connectivity index (χ2n) is 7.63. The molecule has 0 N–H and O–H groups in total. The average molecular weight is 369 g/mol. The molecule has 0 aromatic heterocycles. The molecule has 3 rings (SSSR count). The maximum Gasteiger partial charge on any atom is 0.0661 e. The van der Waals surface area contributed by atoms with E-state index in [1.54, 1.807) is 0 Å². The lowest BCUT2D eigenvalue weighted by Gasteiger charge is -2.06. The van der Waals surface area contributed by atoms with Crippen molar-refractivity contribution in [1.29, 1.82) is 0 Å². The monoisotopic (exact) mass is 368 g/mol. The van der Waals surface area contributed by atoms with E-state index < -0.39 is 0 Å². The Balaban J connectivity index is 1.75. The molecule has 0 fully saturated rings. The summed E-state index contributed by atoms with van der Waals surface area (Å²) in [6.07, 6.45) is 3.84. The molecular weight excluding hydrogens is 340 g/mol. The standard InChI is InChI=1S/C26H28N2/c1-17-11-21(5)25(13-19(17)3)27-15-23-7-9-24(10-8-23)16-28-26-14-20(4)18(2)12-22(26)6/h7-16H,1-6H3. The zero-order valence-corrected chi connectivity index (χ0v) is 17.7. The summed E-state index contributed by atoms with van der Waals surface area (Å²) >= 11 is 0. The Hall–Kier alpha value is -3.00. The van der Waals surface area contributed by atoms with Gasteiger partial charge in [-0.1, -0.05) is 36.4 Å². The molecule has 3 aromatic carbocycles. The maximum absolute atomic E-state index is 4.67. The van der Waals surface area contributed by atoms with Gasteiger partial charge in [0, 0.05) is 12.4 Å². The SMILES string of the molecule is Cc1cc(C)c(N=Cc2ccc(C=Nc3cc(C)c(C)cc3C)cc2)cc1C. The van der Waals surface area contributed by atoms with Gasteiger partial charge in [-0.3, -0.25) is 9.98 Å². The summed E-state index contributed by atoms with van der Waals surface area (Å²) in [5.74, 6) is 0.